The Bertz CT molecular complexity index is 1120. The molecule has 0 radical (unpaired) electrons. The molecule has 2 aliphatic heterocycles. The molecule has 32 heavy (non-hydrogen) atoms. The summed E-state index contributed by atoms with van der Waals surface area (Å²) in [4.78, 5) is 6.88. The van der Waals surface area contributed by atoms with Gasteiger partial charge in [0.1, 0.15) is 0 Å². The van der Waals surface area contributed by atoms with Crippen LogP contribution in [0.25, 0.3) is 16.9 Å². The second-order valence-electron chi connectivity index (χ2n) is 9.06. The van der Waals surface area contributed by atoms with E-state index in [2.05, 4.69) is 34.6 Å². The van der Waals surface area contributed by atoms with Crippen molar-refractivity contribution >= 4 is 0 Å². The van der Waals surface area contributed by atoms with E-state index in [0.717, 1.165) is 48.4 Å². The first-order valence-electron chi connectivity index (χ1n) is 11.5. The zero-order valence-electron chi connectivity index (χ0n) is 19.5. The molecule has 2 aliphatic rings. The lowest BCUT2D eigenvalue weighted by atomic mass is 10.0. The first kappa shape index (κ1) is 21.2. The summed E-state index contributed by atoms with van der Waals surface area (Å²) in [6.07, 6.45) is 6.74. The molecule has 8 heteroatoms. The van der Waals surface area contributed by atoms with Crippen molar-refractivity contribution < 1.29 is 9.47 Å². The van der Waals surface area contributed by atoms with Crippen LogP contribution in [0.15, 0.2) is 18.5 Å². The Kier molecular flexibility index (Phi) is 5.73. The largest absolute Gasteiger partial charge is 0.481 e. The molecular weight excluding hydrogens is 404 g/mol. The second-order valence-corrected chi connectivity index (χ2v) is 9.06. The fourth-order valence-electron chi connectivity index (χ4n) is 5.04. The monoisotopic (exact) mass is 436 g/mol. The molecule has 1 unspecified atom stereocenters. The van der Waals surface area contributed by atoms with Gasteiger partial charge in [0.25, 0.3) is 0 Å². The number of pyridine rings is 1. The molecule has 1 atom stereocenters. The van der Waals surface area contributed by atoms with Crippen molar-refractivity contribution in [3.8, 4) is 22.8 Å². The number of aromatic nitrogens is 5. The number of nitrogens with zero attached hydrogens (tertiary/aromatic N) is 6. The van der Waals surface area contributed by atoms with Crippen molar-refractivity contribution in [3.05, 3.63) is 41.0 Å². The van der Waals surface area contributed by atoms with Gasteiger partial charge in [-0.2, -0.15) is 10.2 Å². The molecule has 0 N–H and O–H groups in total. The molecule has 0 bridgehead atoms. The molecule has 8 nitrogen and oxygen atoms in total. The number of hydrogen-bond acceptors (Lipinski definition) is 6. The molecule has 0 amide bonds. The number of fused-ring (bicyclic) bond motifs is 1. The van der Waals surface area contributed by atoms with Crippen LogP contribution in [0.5, 0.6) is 5.88 Å². The van der Waals surface area contributed by atoms with Gasteiger partial charge in [0.05, 0.1) is 49.8 Å². The van der Waals surface area contributed by atoms with Crippen molar-refractivity contribution in [1.29, 1.82) is 0 Å². The van der Waals surface area contributed by atoms with E-state index >= 15 is 0 Å². The second kappa shape index (κ2) is 8.67. The van der Waals surface area contributed by atoms with Crippen LogP contribution in [0.1, 0.15) is 28.9 Å². The maximum Gasteiger partial charge on any atom is 0.216 e. The Labute approximate surface area is 189 Å². The van der Waals surface area contributed by atoms with Gasteiger partial charge in [0.2, 0.25) is 5.88 Å². The highest BCUT2D eigenvalue weighted by molar-refractivity contribution is 5.67. The first-order valence-corrected chi connectivity index (χ1v) is 11.5. The van der Waals surface area contributed by atoms with Crippen LogP contribution in [0.4, 0.5) is 0 Å². The highest BCUT2D eigenvalue weighted by Gasteiger charge is 2.26. The van der Waals surface area contributed by atoms with Crippen molar-refractivity contribution in [3.63, 3.8) is 0 Å². The lowest BCUT2D eigenvalue weighted by Gasteiger charge is -2.12. The van der Waals surface area contributed by atoms with Gasteiger partial charge in [-0.3, -0.25) is 4.68 Å². The SMILES string of the molecule is COc1ncc(-n2nc(-c3cnn(CC4CCN(C)C4)c3C)c3c2CCOCC3)cc1C. The summed E-state index contributed by atoms with van der Waals surface area (Å²) in [7, 11) is 3.84. The van der Waals surface area contributed by atoms with E-state index in [1.807, 2.05) is 24.0 Å². The van der Waals surface area contributed by atoms with Gasteiger partial charge in [0, 0.05) is 41.9 Å². The summed E-state index contributed by atoms with van der Waals surface area (Å²) in [6.45, 7) is 8.87. The number of likely N-dealkylation sites (tertiary alicyclic amines) is 1. The van der Waals surface area contributed by atoms with Crippen LogP contribution >= 0.6 is 0 Å². The predicted octanol–water partition coefficient (Wildman–Crippen LogP) is 2.82. The highest BCUT2D eigenvalue weighted by Crippen LogP contribution is 2.32. The van der Waals surface area contributed by atoms with Crippen LogP contribution < -0.4 is 4.74 Å². The lowest BCUT2D eigenvalue weighted by molar-refractivity contribution is 0.145. The molecule has 5 heterocycles. The van der Waals surface area contributed by atoms with Gasteiger partial charge in [-0.1, -0.05) is 0 Å². The molecule has 5 rings (SSSR count). The minimum absolute atomic E-state index is 0.644. The molecule has 0 saturated carbocycles. The van der Waals surface area contributed by atoms with Crippen molar-refractivity contribution in [2.24, 2.45) is 5.92 Å². The van der Waals surface area contributed by atoms with E-state index in [0.29, 0.717) is 25.0 Å². The van der Waals surface area contributed by atoms with E-state index in [1.54, 1.807) is 7.11 Å². The maximum absolute atomic E-state index is 5.81. The molecular formula is C24H32N6O2. The van der Waals surface area contributed by atoms with Crippen molar-refractivity contribution in [2.45, 2.75) is 39.7 Å². The van der Waals surface area contributed by atoms with Gasteiger partial charge < -0.3 is 14.4 Å². The van der Waals surface area contributed by atoms with Gasteiger partial charge in [-0.05, 0) is 52.3 Å². The number of rotatable bonds is 5. The average molecular weight is 437 g/mol. The minimum atomic E-state index is 0.644. The molecule has 0 aromatic carbocycles. The van der Waals surface area contributed by atoms with E-state index in [9.17, 15) is 0 Å². The van der Waals surface area contributed by atoms with Gasteiger partial charge in [0.15, 0.2) is 0 Å². The van der Waals surface area contributed by atoms with Crippen LogP contribution in [0, 0.1) is 19.8 Å². The van der Waals surface area contributed by atoms with Crippen molar-refractivity contribution in [2.75, 3.05) is 40.5 Å². The van der Waals surface area contributed by atoms with E-state index < -0.39 is 0 Å². The van der Waals surface area contributed by atoms with E-state index in [-0.39, 0.29) is 0 Å². The zero-order valence-corrected chi connectivity index (χ0v) is 19.5. The third-order valence-electron chi connectivity index (χ3n) is 6.80. The topological polar surface area (TPSA) is 70.2 Å². The van der Waals surface area contributed by atoms with E-state index in [4.69, 9.17) is 19.7 Å². The average Bonchev–Trinajstić information content (AvgIpc) is 3.40. The molecule has 1 saturated heterocycles. The summed E-state index contributed by atoms with van der Waals surface area (Å²) in [5.41, 5.74) is 7.73. The summed E-state index contributed by atoms with van der Waals surface area (Å²) in [6, 6.07) is 2.08. The fourth-order valence-corrected chi connectivity index (χ4v) is 5.04. The van der Waals surface area contributed by atoms with Gasteiger partial charge in [-0.15, -0.1) is 0 Å². The zero-order chi connectivity index (χ0) is 22.2. The lowest BCUT2D eigenvalue weighted by Crippen LogP contribution is -2.18. The summed E-state index contributed by atoms with van der Waals surface area (Å²) in [5.74, 6) is 1.30. The maximum atomic E-state index is 5.81. The minimum Gasteiger partial charge on any atom is -0.481 e. The molecule has 170 valence electrons. The molecule has 0 spiro atoms. The summed E-state index contributed by atoms with van der Waals surface area (Å²) in [5, 5.41) is 9.87. The smallest absolute Gasteiger partial charge is 0.216 e. The van der Waals surface area contributed by atoms with Crippen molar-refractivity contribution in [1.82, 2.24) is 29.4 Å². The normalized spacial score (nSPS) is 19.2. The number of methoxy groups -OCH3 is 1. The standard InChI is InChI=1S/C24H32N6O2/c1-16-11-19(12-25-24(16)31-4)30-22-7-10-32-9-6-20(22)23(27-30)21-13-26-29(17(21)2)15-18-5-8-28(3)14-18/h11-13,18H,5-10,14-15H2,1-4H3. The highest BCUT2D eigenvalue weighted by atomic mass is 16.5. The third kappa shape index (κ3) is 3.82. The van der Waals surface area contributed by atoms with Gasteiger partial charge in [-0.25, -0.2) is 9.67 Å². The van der Waals surface area contributed by atoms with E-state index in [1.165, 1.54) is 29.9 Å². The Morgan fingerprint density at radius 1 is 1.19 bits per heavy atom. The van der Waals surface area contributed by atoms with Crippen LogP contribution in [-0.2, 0) is 24.1 Å². The predicted molar refractivity (Wildman–Crippen MR) is 122 cm³/mol. The van der Waals surface area contributed by atoms with Crippen LogP contribution in [0.3, 0.4) is 0 Å². The molecule has 0 aliphatic carbocycles. The Balaban J connectivity index is 1.54. The van der Waals surface area contributed by atoms with Crippen LogP contribution in [-0.4, -0.2) is 69.9 Å². The summed E-state index contributed by atoms with van der Waals surface area (Å²) >= 11 is 0. The third-order valence-corrected chi connectivity index (χ3v) is 6.80. The van der Waals surface area contributed by atoms with Gasteiger partial charge >= 0.3 is 0 Å². The Morgan fingerprint density at radius 2 is 2.03 bits per heavy atom. The Morgan fingerprint density at radius 3 is 2.78 bits per heavy atom. The molecule has 3 aromatic heterocycles. The Hall–Kier alpha value is -2.71. The number of ether oxygens (including phenoxy) is 2. The summed E-state index contributed by atoms with van der Waals surface area (Å²) < 4.78 is 15.4. The quantitative estimate of drug-likeness (QED) is 0.613. The molecule has 1 fully saturated rings. The fraction of sp³-hybridized carbons (Fsp3) is 0.542. The first-order chi connectivity index (χ1) is 15.5. The number of aryl methyl sites for hydroxylation is 1. The molecule has 3 aromatic rings. The number of hydrogen-bond donors (Lipinski definition) is 0. The van der Waals surface area contributed by atoms with Crippen LogP contribution in [0.2, 0.25) is 0 Å².